The van der Waals surface area contributed by atoms with Gasteiger partial charge >= 0.3 is 0 Å². The number of carbonyl (C=O) groups is 1. The van der Waals surface area contributed by atoms with Gasteiger partial charge < -0.3 is 5.32 Å². The Morgan fingerprint density at radius 3 is 2.04 bits per heavy atom. The molecule has 1 amide bonds. The van der Waals surface area contributed by atoms with Gasteiger partial charge in [-0.15, -0.1) is 0 Å². The molecule has 138 valence electrons. The van der Waals surface area contributed by atoms with Crippen LogP contribution in [-0.2, 0) is 9.84 Å². The minimum absolute atomic E-state index is 0.124. The van der Waals surface area contributed by atoms with Gasteiger partial charge in [0.25, 0.3) is 5.91 Å². The monoisotopic (exact) mass is 383 g/mol. The molecule has 0 heterocycles. The lowest BCUT2D eigenvalue weighted by Crippen LogP contribution is -2.32. The van der Waals surface area contributed by atoms with Crippen LogP contribution in [0.3, 0.4) is 0 Å². The van der Waals surface area contributed by atoms with Crippen molar-refractivity contribution in [2.24, 2.45) is 0 Å². The first-order valence-corrected chi connectivity index (χ1v) is 9.91. The summed E-state index contributed by atoms with van der Waals surface area (Å²) in [5, 5.41) is 1.57. The summed E-state index contributed by atoms with van der Waals surface area (Å²) in [6, 6.07) is 22.3. The highest BCUT2D eigenvalue weighted by molar-refractivity contribution is 7.91. The second-order valence-corrected chi connectivity index (χ2v) is 8.08. The van der Waals surface area contributed by atoms with Crippen LogP contribution in [0.25, 0.3) is 0 Å². The molecule has 0 radical (unpaired) electrons. The number of sulfone groups is 1. The SMILES string of the molecule is O=C(NC[C@@H](c1ccccc1)S(=O)(=O)c1ccccc1)c1ccccc1F. The van der Waals surface area contributed by atoms with Crippen LogP contribution in [0.4, 0.5) is 4.39 Å². The lowest BCUT2D eigenvalue weighted by atomic mass is 10.1. The van der Waals surface area contributed by atoms with Crippen LogP contribution in [0.15, 0.2) is 89.8 Å². The van der Waals surface area contributed by atoms with E-state index >= 15 is 0 Å². The predicted molar refractivity (Wildman–Crippen MR) is 102 cm³/mol. The zero-order valence-corrected chi connectivity index (χ0v) is 15.2. The summed E-state index contributed by atoms with van der Waals surface area (Å²) in [6.45, 7) is -0.172. The van der Waals surface area contributed by atoms with E-state index in [1.807, 2.05) is 0 Å². The molecule has 0 aromatic heterocycles. The van der Waals surface area contributed by atoms with E-state index in [0.29, 0.717) is 5.56 Å². The van der Waals surface area contributed by atoms with Gasteiger partial charge in [-0.05, 0) is 29.8 Å². The molecule has 0 unspecified atom stereocenters. The molecule has 0 fully saturated rings. The Balaban J connectivity index is 1.90. The highest BCUT2D eigenvalue weighted by Gasteiger charge is 2.29. The van der Waals surface area contributed by atoms with E-state index in [1.165, 1.54) is 30.3 Å². The van der Waals surface area contributed by atoms with Crippen molar-refractivity contribution in [2.45, 2.75) is 10.1 Å². The molecule has 1 N–H and O–H groups in total. The molecule has 3 aromatic carbocycles. The van der Waals surface area contributed by atoms with Crippen molar-refractivity contribution in [1.82, 2.24) is 5.32 Å². The number of carbonyl (C=O) groups excluding carboxylic acids is 1. The molecule has 3 rings (SSSR count). The average molecular weight is 383 g/mol. The summed E-state index contributed by atoms with van der Waals surface area (Å²) in [5.74, 6) is -1.31. The van der Waals surface area contributed by atoms with Crippen LogP contribution in [0.5, 0.6) is 0 Å². The number of hydrogen-bond acceptors (Lipinski definition) is 3. The van der Waals surface area contributed by atoms with Crippen molar-refractivity contribution in [3.05, 3.63) is 102 Å². The van der Waals surface area contributed by atoms with E-state index in [9.17, 15) is 17.6 Å². The van der Waals surface area contributed by atoms with Gasteiger partial charge in [-0.25, -0.2) is 12.8 Å². The van der Waals surface area contributed by atoms with E-state index in [1.54, 1.807) is 54.6 Å². The third-order valence-electron chi connectivity index (χ3n) is 4.18. The molecule has 0 bridgehead atoms. The largest absolute Gasteiger partial charge is 0.350 e. The fourth-order valence-corrected chi connectivity index (χ4v) is 4.46. The third-order valence-corrected chi connectivity index (χ3v) is 6.30. The molecule has 4 nitrogen and oxygen atoms in total. The molecular formula is C21H18FNO3S. The molecule has 1 atom stereocenters. The number of nitrogens with one attached hydrogen (secondary N) is 1. The van der Waals surface area contributed by atoms with Crippen LogP contribution in [0.1, 0.15) is 21.2 Å². The molecule has 0 saturated carbocycles. The Morgan fingerprint density at radius 1 is 0.852 bits per heavy atom. The summed E-state index contributed by atoms with van der Waals surface area (Å²) in [7, 11) is -3.75. The third kappa shape index (κ3) is 4.23. The van der Waals surface area contributed by atoms with Gasteiger partial charge in [0.2, 0.25) is 0 Å². The van der Waals surface area contributed by atoms with Crippen LogP contribution < -0.4 is 5.32 Å². The summed E-state index contributed by atoms with van der Waals surface area (Å²) >= 11 is 0. The highest BCUT2D eigenvalue weighted by Crippen LogP contribution is 2.28. The Hall–Kier alpha value is -2.99. The van der Waals surface area contributed by atoms with E-state index in [0.717, 1.165) is 0 Å². The molecule has 0 aliphatic heterocycles. The quantitative estimate of drug-likeness (QED) is 0.705. The van der Waals surface area contributed by atoms with Crippen molar-refractivity contribution < 1.29 is 17.6 Å². The van der Waals surface area contributed by atoms with Crippen LogP contribution in [-0.4, -0.2) is 20.9 Å². The fourth-order valence-electron chi connectivity index (χ4n) is 2.77. The van der Waals surface area contributed by atoms with Crippen molar-refractivity contribution in [3.8, 4) is 0 Å². The molecule has 0 saturated heterocycles. The van der Waals surface area contributed by atoms with E-state index in [2.05, 4.69) is 5.32 Å². The molecule has 27 heavy (non-hydrogen) atoms. The van der Waals surface area contributed by atoms with Gasteiger partial charge in [-0.1, -0.05) is 60.7 Å². The van der Waals surface area contributed by atoms with E-state index in [-0.39, 0.29) is 17.0 Å². The second kappa shape index (κ2) is 8.14. The Morgan fingerprint density at radius 2 is 1.41 bits per heavy atom. The van der Waals surface area contributed by atoms with Crippen LogP contribution in [0, 0.1) is 5.82 Å². The Bertz CT molecular complexity index is 1020. The van der Waals surface area contributed by atoms with Crippen molar-refractivity contribution in [1.29, 1.82) is 0 Å². The zero-order chi connectivity index (χ0) is 19.3. The second-order valence-electron chi connectivity index (χ2n) is 5.95. The van der Waals surface area contributed by atoms with E-state index in [4.69, 9.17) is 0 Å². The zero-order valence-electron chi connectivity index (χ0n) is 14.4. The molecule has 3 aromatic rings. The van der Waals surface area contributed by atoms with Crippen LogP contribution in [0.2, 0.25) is 0 Å². The maximum atomic E-state index is 13.8. The number of hydrogen-bond donors (Lipinski definition) is 1. The molecule has 0 aliphatic carbocycles. The first-order chi connectivity index (χ1) is 13.0. The maximum absolute atomic E-state index is 13.8. The van der Waals surface area contributed by atoms with Crippen molar-refractivity contribution in [3.63, 3.8) is 0 Å². The number of rotatable bonds is 6. The predicted octanol–water partition coefficient (Wildman–Crippen LogP) is 3.77. The molecule has 6 heteroatoms. The van der Waals surface area contributed by atoms with Gasteiger partial charge in [0, 0.05) is 6.54 Å². The van der Waals surface area contributed by atoms with Gasteiger partial charge in [-0.2, -0.15) is 0 Å². The Kier molecular flexibility index (Phi) is 5.66. The van der Waals surface area contributed by atoms with Gasteiger partial charge in [0.15, 0.2) is 9.84 Å². The standard InChI is InChI=1S/C21H18FNO3S/c22-19-14-8-7-13-18(19)21(24)23-15-20(16-9-3-1-4-10-16)27(25,26)17-11-5-2-6-12-17/h1-14,20H,15H2,(H,23,24)/t20-/m0/s1. The average Bonchev–Trinajstić information content (AvgIpc) is 2.69. The smallest absolute Gasteiger partial charge is 0.254 e. The molecule has 0 spiro atoms. The first kappa shape index (κ1) is 18.8. The number of halogens is 1. The molecular weight excluding hydrogens is 365 g/mol. The summed E-state index contributed by atoms with van der Waals surface area (Å²) in [4.78, 5) is 12.5. The maximum Gasteiger partial charge on any atom is 0.254 e. The normalized spacial score (nSPS) is 12.3. The molecule has 0 aliphatic rings. The topological polar surface area (TPSA) is 63.2 Å². The fraction of sp³-hybridized carbons (Fsp3) is 0.0952. The minimum atomic E-state index is -3.75. The minimum Gasteiger partial charge on any atom is -0.350 e. The number of benzene rings is 3. The van der Waals surface area contributed by atoms with Gasteiger partial charge in [0.1, 0.15) is 11.1 Å². The van der Waals surface area contributed by atoms with Gasteiger partial charge in [0.05, 0.1) is 10.5 Å². The summed E-state index contributed by atoms with van der Waals surface area (Å²) < 4.78 is 40.1. The van der Waals surface area contributed by atoms with Crippen molar-refractivity contribution in [2.75, 3.05) is 6.54 Å². The summed E-state index contributed by atoms with van der Waals surface area (Å²) in [5.41, 5.74) is 0.427. The van der Waals surface area contributed by atoms with Gasteiger partial charge in [-0.3, -0.25) is 4.79 Å². The lowest BCUT2D eigenvalue weighted by Gasteiger charge is -2.19. The van der Waals surface area contributed by atoms with Crippen molar-refractivity contribution >= 4 is 15.7 Å². The number of amides is 1. The van der Waals surface area contributed by atoms with Crippen LogP contribution >= 0.6 is 0 Å². The summed E-state index contributed by atoms with van der Waals surface area (Å²) in [6.07, 6.45) is 0. The Labute approximate surface area is 157 Å². The van der Waals surface area contributed by atoms with E-state index < -0.39 is 26.8 Å². The lowest BCUT2D eigenvalue weighted by molar-refractivity contribution is 0.0949. The highest BCUT2D eigenvalue weighted by atomic mass is 32.2. The first-order valence-electron chi connectivity index (χ1n) is 8.37.